The second kappa shape index (κ2) is 6.46. The summed E-state index contributed by atoms with van der Waals surface area (Å²) in [7, 11) is 0. The monoisotopic (exact) mass is 269 g/mol. The fourth-order valence-corrected chi connectivity index (χ4v) is 1.13. The summed E-state index contributed by atoms with van der Waals surface area (Å²) in [5.41, 5.74) is -1.28. The molecule has 0 aromatic carbocycles. The molecule has 1 amide bonds. The van der Waals surface area contributed by atoms with E-state index in [1.165, 1.54) is 0 Å². The van der Waals surface area contributed by atoms with Crippen molar-refractivity contribution in [1.82, 2.24) is 5.32 Å². The molecular weight excluding hydrogens is 246 g/mol. The normalized spacial score (nSPS) is 13.1. The first kappa shape index (κ1) is 17.3. The first-order valence-corrected chi connectivity index (χ1v) is 6.10. The third-order valence-electron chi connectivity index (χ3n) is 1.70. The second-order valence-corrected chi connectivity index (χ2v) is 6.14. The highest BCUT2D eigenvalue weighted by Gasteiger charge is 2.27. The largest absolute Gasteiger partial charge is 0.458 e. The van der Waals surface area contributed by atoms with E-state index < -0.39 is 29.3 Å². The van der Waals surface area contributed by atoms with Crippen molar-refractivity contribution in [2.75, 3.05) is 0 Å². The van der Waals surface area contributed by atoms with Crippen molar-refractivity contribution in [2.24, 2.45) is 0 Å². The van der Waals surface area contributed by atoms with Crippen LogP contribution in [0.25, 0.3) is 0 Å². The van der Waals surface area contributed by atoms with Crippen LogP contribution in [-0.2, 0) is 14.3 Å². The van der Waals surface area contributed by atoms with Crippen LogP contribution < -0.4 is 5.32 Å². The Kier molecular flexibility index (Phi) is 5.88. The zero-order valence-electron chi connectivity index (χ0n) is 12.5. The molecule has 0 rings (SSSR count). The molecule has 1 N–H and O–H groups in total. The molecule has 0 saturated heterocycles. The molecule has 1 unspecified atom stereocenters. The van der Waals surface area contributed by atoms with Crippen LogP contribution >= 0.6 is 0 Å². The van der Waals surface area contributed by atoms with Crippen molar-refractivity contribution in [1.29, 1.82) is 0 Å². The van der Waals surface area contributed by atoms with E-state index in [-0.39, 0.29) is 6.42 Å². The summed E-state index contributed by atoms with van der Waals surface area (Å²) >= 11 is 0. The number of rotatable bonds is 3. The minimum Gasteiger partial charge on any atom is -0.458 e. The Balaban J connectivity index is 4.63. The van der Waals surface area contributed by atoms with Gasteiger partial charge in [0.15, 0.2) is 0 Å². The zero-order valence-corrected chi connectivity index (χ0v) is 12.5. The van der Waals surface area contributed by atoms with Gasteiger partial charge in [0, 0.05) is 6.42 Å². The topological polar surface area (TPSA) is 64.6 Å². The van der Waals surface area contributed by atoms with E-state index in [4.69, 9.17) is 15.9 Å². The minimum absolute atomic E-state index is 0.0498. The molecular formula is C14H23NO4. The quantitative estimate of drug-likeness (QED) is 0.630. The van der Waals surface area contributed by atoms with E-state index >= 15 is 0 Å². The van der Waals surface area contributed by atoms with Crippen LogP contribution in [0.1, 0.15) is 48.0 Å². The van der Waals surface area contributed by atoms with Crippen LogP contribution in [-0.4, -0.2) is 29.3 Å². The molecule has 0 bridgehead atoms. The molecule has 0 fully saturated rings. The number of alkyl carbamates (subject to hydrolysis) is 1. The summed E-state index contributed by atoms with van der Waals surface area (Å²) in [5.74, 6) is 1.76. The summed E-state index contributed by atoms with van der Waals surface area (Å²) in [6, 6.07) is -0.904. The van der Waals surface area contributed by atoms with Crippen molar-refractivity contribution in [2.45, 2.75) is 65.2 Å². The SMILES string of the molecule is C#CCC(NC(=O)OC(C)(C)C)C(=O)OC(C)(C)C. The van der Waals surface area contributed by atoms with Crippen LogP contribution in [0.3, 0.4) is 0 Å². The number of amides is 1. The smallest absolute Gasteiger partial charge is 0.408 e. The average Bonchev–Trinajstić information content (AvgIpc) is 2.10. The van der Waals surface area contributed by atoms with Crippen LogP contribution in [0.15, 0.2) is 0 Å². The Morgan fingerprint density at radius 3 is 1.95 bits per heavy atom. The highest BCUT2D eigenvalue weighted by molar-refractivity contribution is 5.82. The van der Waals surface area contributed by atoms with Crippen molar-refractivity contribution >= 4 is 12.1 Å². The number of carbonyl (C=O) groups is 2. The standard InChI is InChI=1S/C14H23NO4/c1-8-9-10(11(16)18-13(2,3)4)15-12(17)19-14(5,6)7/h1,10H,9H2,2-7H3,(H,15,17). The molecule has 0 saturated carbocycles. The van der Waals surface area contributed by atoms with Crippen molar-refractivity contribution < 1.29 is 19.1 Å². The highest BCUT2D eigenvalue weighted by Crippen LogP contribution is 2.11. The number of ether oxygens (including phenoxy) is 2. The lowest BCUT2D eigenvalue weighted by molar-refractivity contribution is -0.157. The maximum atomic E-state index is 11.9. The Morgan fingerprint density at radius 2 is 1.58 bits per heavy atom. The molecule has 108 valence electrons. The van der Waals surface area contributed by atoms with Crippen LogP contribution in [0, 0.1) is 12.3 Å². The van der Waals surface area contributed by atoms with Crippen molar-refractivity contribution in [3.05, 3.63) is 0 Å². The number of carbonyl (C=O) groups excluding carboxylic acids is 2. The Hall–Kier alpha value is -1.70. The van der Waals surface area contributed by atoms with Gasteiger partial charge >= 0.3 is 12.1 Å². The summed E-state index contributed by atoms with van der Waals surface area (Å²) in [6.45, 7) is 10.4. The van der Waals surface area contributed by atoms with E-state index in [0.29, 0.717) is 0 Å². The lowest BCUT2D eigenvalue weighted by atomic mass is 10.1. The van der Waals surface area contributed by atoms with Gasteiger partial charge < -0.3 is 14.8 Å². The molecule has 0 aliphatic rings. The molecule has 0 aliphatic heterocycles. The highest BCUT2D eigenvalue weighted by atomic mass is 16.6. The van der Waals surface area contributed by atoms with Crippen LogP contribution in [0.4, 0.5) is 4.79 Å². The minimum atomic E-state index is -0.904. The third kappa shape index (κ3) is 8.95. The van der Waals surface area contributed by atoms with E-state index in [2.05, 4.69) is 11.2 Å². The Labute approximate surface area is 115 Å². The molecule has 5 nitrogen and oxygen atoms in total. The van der Waals surface area contributed by atoms with E-state index in [0.717, 1.165) is 0 Å². The number of terminal acetylenes is 1. The molecule has 0 spiro atoms. The summed E-state index contributed by atoms with van der Waals surface area (Å²) in [4.78, 5) is 23.5. The van der Waals surface area contributed by atoms with E-state index in [1.807, 2.05) is 0 Å². The molecule has 0 aliphatic carbocycles. The van der Waals surface area contributed by atoms with E-state index in [1.54, 1.807) is 41.5 Å². The number of esters is 1. The lowest BCUT2D eigenvalue weighted by Gasteiger charge is -2.25. The van der Waals surface area contributed by atoms with Crippen molar-refractivity contribution in [3.8, 4) is 12.3 Å². The first-order chi connectivity index (χ1) is 8.44. The second-order valence-electron chi connectivity index (χ2n) is 6.14. The number of nitrogens with one attached hydrogen (secondary N) is 1. The predicted molar refractivity (Wildman–Crippen MR) is 72.5 cm³/mol. The summed E-state index contributed by atoms with van der Waals surface area (Å²) in [6.07, 6.45) is 4.54. The van der Waals surface area contributed by atoms with Crippen LogP contribution in [0.5, 0.6) is 0 Å². The molecule has 5 heteroatoms. The molecule has 0 heterocycles. The van der Waals surface area contributed by atoms with Gasteiger partial charge in [-0.1, -0.05) is 0 Å². The molecule has 0 aromatic heterocycles. The lowest BCUT2D eigenvalue weighted by Crippen LogP contribution is -2.45. The van der Waals surface area contributed by atoms with Gasteiger partial charge in [0.1, 0.15) is 17.2 Å². The van der Waals surface area contributed by atoms with Gasteiger partial charge in [0.05, 0.1) is 0 Å². The third-order valence-corrected chi connectivity index (χ3v) is 1.70. The van der Waals surface area contributed by atoms with Crippen molar-refractivity contribution in [3.63, 3.8) is 0 Å². The van der Waals surface area contributed by atoms with Gasteiger partial charge in [-0.05, 0) is 41.5 Å². The summed E-state index contributed by atoms with van der Waals surface area (Å²) < 4.78 is 10.2. The maximum absolute atomic E-state index is 11.9. The molecule has 0 aromatic rings. The Bertz CT molecular complexity index is 368. The first-order valence-electron chi connectivity index (χ1n) is 6.10. The molecule has 1 atom stereocenters. The molecule has 0 radical (unpaired) electrons. The zero-order chi connectivity index (χ0) is 15.3. The van der Waals surface area contributed by atoms with Gasteiger partial charge in [0.25, 0.3) is 0 Å². The van der Waals surface area contributed by atoms with Gasteiger partial charge in [-0.25, -0.2) is 9.59 Å². The van der Waals surface area contributed by atoms with Crippen LogP contribution in [0.2, 0.25) is 0 Å². The fraction of sp³-hybridized carbons (Fsp3) is 0.714. The van der Waals surface area contributed by atoms with E-state index in [9.17, 15) is 9.59 Å². The average molecular weight is 269 g/mol. The maximum Gasteiger partial charge on any atom is 0.408 e. The van der Waals surface area contributed by atoms with Gasteiger partial charge in [-0.15, -0.1) is 12.3 Å². The molecule has 19 heavy (non-hydrogen) atoms. The predicted octanol–water partition coefficient (Wildman–Crippen LogP) is 2.24. The number of hydrogen-bond donors (Lipinski definition) is 1. The Morgan fingerprint density at radius 1 is 1.11 bits per heavy atom. The van der Waals surface area contributed by atoms with Gasteiger partial charge in [-0.3, -0.25) is 0 Å². The van der Waals surface area contributed by atoms with Gasteiger partial charge in [0.2, 0.25) is 0 Å². The summed E-state index contributed by atoms with van der Waals surface area (Å²) in [5, 5.41) is 2.42. The fourth-order valence-electron chi connectivity index (χ4n) is 1.13. The number of hydrogen-bond acceptors (Lipinski definition) is 4. The van der Waals surface area contributed by atoms with Gasteiger partial charge in [-0.2, -0.15) is 0 Å².